The summed E-state index contributed by atoms with van der Waals surface area (Å²) in [6.07, 6.45) is 6.09. The molecule has 14 heavy (non-hydrogen) atoms. The number of rotatable bonds is 5. The minimum atomic E-state index is 0.666. The van der Waals surface area contributed by atoms with Crippen molar-refractivity contribution in [3.63, 3.8) is 0 Å². The first-order valence-corrected chi connectivity index (χ1v) is 5.94. The SMILES string of the molecule is CCCCCCc1bccc(Cl)c1Cl. The average Bonchev–Trinajstić information content (AvgIpc) is 2.19. The summed E-state index contributed by atoms with van der Waals surface area (Å²) in [5.74, 6) is 1.96. The van der Waals surface area contributed by atoms with E-state index in [9.17, 15) is 0 Å². The van der Waals surface area contributed by atoms with E-state index in [0.717, 1.165) is 11.4 Å². The third kappa shape index (κ3) is 3.63. The molecule has 1 aromatic heterocycles. The number of aryl methyl sites for hydroxylation is 1. The van der Waals surface area contributed by atoms with E-state index in [4.69, 9.17) is 23.2 Å². The predicted molar refractivity (Wildman–Crippen MR) is 65.7 cm³/mol. The number of unbranched alkanes of at least 4 members (excludes halogenated alkanes) is 3. The molecule has 3 heteroatoms. The topological polar surface area (TPSA) is 0 Å². The molecule has 0 radical (unpaired) electrons. The molecule has 0 saturated carbocycles. The van der Waals surface area contributed by atoms with Crippen LogP contribution in [0.3, 0.4) is 0 Å². The summed E-state index contributed by atoms with van der Waals surface area (Å²) in [6.45, 7) is 4.27. The first-order valence-electron chi connectivity index (χ1n) is 5.18. The van der Waals surface area contributed by atoms with Crippen molar-refractivity contribution in [3.05, 3.63) is 27.5 Å². The fourth-order valence-electron chi connectivity index (χ4n) is 1.48. The van der Waals surface area contributed by atoms with Crippen LogP contribution >= 0.6 is 23.2 Å². The molecule has 1 rings (SSSR count). The van der Waals surface area contributed by atoms with Crippen molar-refractivity contribution in [3.8, 4) is 0 Å². The molecule has 0 amide bonds. The molecular weight excluding hydrogens is 214 g/mol. The minimum absolute atomic E-state index is 0.666. The second-order valence-corrected chi connectivity index (χ2v) is 4.31. The summed E-state index contributed by atoms with van der Waals surface area (Å²) >= 11 is 12.0. The van der Waals surface area contributed by atoms with Crippen LogP contribution in [0.2, 0.25) is 10.0 Å². The third-order valence-electron chi connectivity index (χ3n) is 2.33. The first-order chi connectivity index (χ1) is 6.75. The third-order valence-corrected chi connectivity index (χ3v) is 3.19. The Bertz CT molecular complexity index is 287. The van der Waals surface area contributed by atoms with Crippen molar-refractivity contribution >= 4 is 30.1 Å². The van der Waals surface area contributed by atoms with E-state index in [1.165, 1.54) is 31.1 Å². The molecule has 0 aliphatic carbocycles. The Morgan fingerprint density at radius 3 is 2.71 bits per heavy atom. The van der Waals surface area contributed by atoms with Gasteiger partial charge >= 0.3 is 96.7 Å². The zero-order chi connectivity index (χ0) is 10.4. The molecule has 0 spiro atoms. The van der Waals surface area contributed by atoms with Gasteiger partial charge < -0.3 is 0 Å². The van der Waals surface area contributed by atoms with Crippen molar-refractivity contribution < 1.29 is 0 Å². The summed E-state index contributed by atoms with van der Waals surface area (Å²) in [5.41, 5.74) is 1.18. The predicted octanol–water partition coefficient (Wildman–Crippen LogP) is 4.45. The van der Waals surface area contributed by atoms with Gasteiger partial charge in [-0.15, -0.1) is 0 Å². The summed E-state index contributed by atoms with van der Waals surface area (Å²) in [7, 11) is 0. The Labute approximate surface area is 96.8 Å². The van der Waals surface area contributed by atoms with E-state index in [2.05, 4.69) is 13.8 Å². The van der Waals surface area contributed by atoms with Crippen LogP contribution in [0.5, 0.6) is 0 Å². The molecule has 0 saturated heterocycles. The van der Waals surface area contributed by atoms with Crippen molar-refractivity contribution in [2.75, 3.05) is 0 Å². The summed E-state index contributed by atoms with van der Waals surface area (Å²) < 4.78 is 0. The zero-order valence-corrected chi connectivity index (χ0v) is 10.0. The fraction of sp³-hybridized carbons (Fsp3) is 0.545. The van der Waals surface area contributed by atoms with Gasteiger partial charge in [-0.25, -0.2) is 0 Å². The van der Waals surface area contributed by atoms with Crippen molar-refractivity contribution in [2.24, 2.45) is 0 Å². The summed E-state index contributed by atoms with van der Waals surface area (Å²) in [6, 6.07) is 1.83. The van der Waals surface area contributed by atoms with Gasteiger partial charge in [-0.05, 0) is 0 Å². The molecule has 0 N–H and O–H groups in total. The molecule has 0 nitrogen and oxygen atoms in total. The normalized spacial score (nSPS) is 10.2. The molecular formula is C11H15BCl2. The van der Waals surface area contributed by atoms with Crippen LogP contribution < -0.4 is 0 Å². The molecule has 1 heterocycles. The van der Waals surface area contributed by atoms with Crippen molar-refractivity contribution in [1.82, 2.24) is 0 Å². The molecule has 0 aromatic carbocycles. The Hall–Kier alpha value is -0.00506. The van der Waals surface area contributed by atoms with Crippen LogP contribution in [0.1, 0.15) is 38.1 Å². The van der Waals surface area contributed by atoms with Crippen molar-refractivity contribution in [2.45, 2.75) is 39.0 Å². The van der Waals surface area contributed by atoms with E-state index >= 15 is 0 Å². The molecule has 0 unspecified atom stereocenters. The van der Waals surface area contributed by atoms with Crippen LogP contribution in [0.15, 0.2) is 12.0 Å². The number of halogens is 2. The Morgan fingerprint density at radius 2 is 2.00 bits per heavy atom. The van der Waals surface area contributed by atoms with Crippen molar-refractivity contribution in [1.29, 1.82) is 0 Å². The van der Waals surface area contributed by atoms with E-state index in [-0.39, 0.29) is 0 Å². The van der Waals surface area contributed by atoms with Crippen LogP contribution in [-0.2, 0) is 6.42 Å². The molecule has 0 fully saturated rings. The van der Waals surface area contributed by atoms with E-state index in [0.29, 0.717) is 5.02 Å². The summed E-state index contributed by atoms with van der Waals surface area (Å²) in [5, 5.41) is 1.39. The van der Waals surface area contributed by atoms with Gasteiger partial charge in [0.1, 0.15) is 0 Å². The fourth-order valence-corrected chi connectivity index (χ4v) is 1.90. The van der Waals surface area contributed by atoms with Gasteiger partial charge in [0.15, 0.2) is 0 Å². The van der Waals surface area contributed by atoms with Crippen LogP contribution in [0, 0.1) is 0 Å². The second kappa shape index (κ2) is 6.47. The van der Waals surface area contributed by atoms with Crippen LogP contribution in [-0.4, -0.2) is 6.91 Å². The van der Waals surface area contributed by atoms with Gasteiger partial charge in [-0.3, -0.25) is 0 Å². The van der Waals surface area contributed by atoms with E-state index in [1.807, 2.05) is 12.0 Å². The monoisotopic (exact) mass is 228 g/mol. The van der Waals surface area contributed by atoms with Gasteiger partial charge in [0.2, 0.25) is 0 Å². The van der Waals surface area contributed by atoms with Gasteiger partial charge in [-0.2, -0.15) is 0 Å². The van der Waals surface area contributed by atoms with E-state index in [1.54, 1.807) is 0 Å². The maximum absolute atomic E-state index is 6.07. The van der Waals surface area contributed by atoms with Gasteiger partial charge in [-0.1, -0.05) is 0 Å². The Balaban J connectivity index is 2.46. The quantitative estimate of drug-likeness (QED) is 0.654. The summed E-state index contributed by atoms with van der Waals surface area (Å²) in [4.78, 5) is 0. The number of hydrogen-bond donors (Lipinski definition) is 0. The van der Waals surface area contributed by atoms with Gasteiger partial charge in [0.25, 0.3) is 0 Å². The molecule has 0 bridgehead atoms. The Kier molecular flexibility index (Phi) is 5.58. The zero-order valence-electron chi connectivity index (χ0n) is 8.52. The van der Waals surface area contributed by atoms with Gasteiger partial charge in [0, 0.05) is 0 Å². The molecule has 0 aliphatic rings. The van der Waals surface area contributed by atoms with Crippen LogP contribution in [0.25, 0.3) is 0 Å². The standard InChI is InChI=1S/C11H15BCl2/c1-2-3-4-5-6-9-11(14)10(13)7-8-12-9/h7-8H,2-6H2,1H3. The maximum atomic E-state index is 6.07. The molecule has 1 aromatic rings. The average molecular weight is 229 g/mol. The first kappa shape index (κ1) is 12.1. The van der Waals surface area contributed by atoms with Crippen LogP contribution in [0.4, 0.5) is 0 Å². The van der Waals surface area contributed by atoms with Gasteiger partial charge in [0.05, 0.1) is 0 Å². The molecule has 76 valence electrons. The van der Waals surface area contributed by atoms with E-state index < -0.39 is 0 Å². The second-order valence-electron chi connectivity index (χ2n) is 3.52. The Morgan fingerprint density at radius 1 is 1.21 bits per heavy atom. The number of hydrogen-bond acceptors (Lipinski definition) is 0. The molecule has 0 aliphatic heterocycles. The molecule has 0 atom stereocenters.